The summed E-state index contributed by atoms with van der Waals surface area (Å²) < 4.78 is 7.17. The number of imidazole rings is 1. The van der Waals surface area contributed by atoms with Gasteiger partial charge < -0.3 is 4.74 Å². The zero-order valence-corrected chi connectivity index (χ0v) is 9.74. The molecule has 0 amide bonds. The van der Waals surface area contributed by atoms with Crippen molar-refractivity contribution in [1.29, 1.82) is 0 Å². The topological polar surface area (TPSA) is 44.1 Å². The van der Waals surface area contributed by atoms with Crippen LogP contribution in [0.2, 0.25) is 0 Å². The first-order valence-electron chi connectivity index (χ1n) is 5.79. The number of fused-ring (bicyclic) bond motifs is 1. The summed E-state index contributed by atoms with van der Waals surface area (Å²) in [6, 6.07) is 9.55. The van der Waals surface area contributed by atoms with Crippen molar-refractivity contribution in [3.8, 4) is 5.75 Å². The van der Waals surface area contributed by atoms with Gasteiger partial charge in [-0.2, -0.15) is 0 Å². The second kappa shape index (κ2) is 4.49. The standard InChI is InChI=1S/C14H12N2O2/c17-14-8-4-7-13-15-11(9-16(13)14)10-18-12-5-2-1-3-6-12/h1-7,9H,8,10H2. The van der Waals surface area contributed by atoms with Gasteiger partial charge in [-0.15, -0.1) is 0 Å². The third-order valence-corrected chi connectivity index (χ3v) is 2.74. The van der Waals surface area contributed by atoms with E-state index in [1.165, 1.54) is 0 Å². The van der Waals surface area contributed by atoms with Gasteiger partial charge in [0, 0.05) is 12.6 Å². The van der Waals surface area contributed by atoms with Crippen LogP contribution in [0.5, 0.6) is 5.75 Å². The molecule has 0 aliphatic carbocycles. The Morgan fingerprint density at radius 3 is 2.89 bits per heavy atom. The molecule has 0 radical (unpaired) electrons. The molecule has 1 aromatic carbocycles. The predicted octanol–water partition coefficient (Wildman–Crippen LogP) is 2.52. The molecule has 1 aliphatic rings. The molecule has 1 aliphatic heterocycles. The van der Waals surface area contributed by atoms with Crippen molar-refractivity contribution < 1.29 is 9.53 Å². The van der Waals surface area contributed by atoms with Gasteiger partial charge >= 0.3 is 0 Å². The van der Waals surface area contributed by atoms with Crippen molar-refractivity contribution in [2.24, 2.45) is 0 Å². The van der Waals surface area contributed by atoms with Crippen LogP contribution >= 0.6 is 0 Å². The van der Waals surface area contributed by atoms with E-state index in [0.29, 0.717) is 18.9 Å². The maximum Gasteiger partial charge on any atom is 0.236 e. The van der Waals surface area contributed by atoms with Crippen LogP contribution in [0.4, 0.5) is 0 Å². The molecule has 4 heteroatoms. The first-order valence-corrected chi connectivity index (χ1v) is 5.79. The number of rotatable bonds is 3. The van der Waals surface area contributed by atoms with E-state index >= 15 is 0 Å². The van der Waals surface area contributed by atoms with E-state index in [1.54, 1.807) is 10.8 Å². The number of aromatic nitrogens is 2. The number of allylic oxidation sites excluding steroid dienone is 1. The highest BCUT2D eigenvalue weighted by atomic mass is 16.5. The smallest absolute Gasteiger partial charge is 0.236 e. The van der Waals surface area contributed by atoms with Crippen LogP contribution in [0.1, 0.15) is 22.7 Å². The van der Waals surface area contributed by atoms with Crippen LogP contribution in [0.25, 0.3) is 6.08 Å². The van der Waals surface area contributed by atoms with Crippen LogP contribution in [0, 0.1) is 0 Å². The zero-order valence-electron chi connectivity index (χ0n) is 9.74. The van der Waals surface area contributed by atoms with Gasteiger partial charge in [-0.25, -0.2) is 4.98 Å². The van der Waals surface area contributed by atoms with Crippen molar-refractivity contribution in [1.82, 2.24) is 9.55 Å². The molecule has 0 saturated carbocycles. The van der Waals surface area contributed by atoms with Crippen LogP contribution < -0.4 is 4.74 Å². The number of ether oxygens (including phenoxy) is 1. The quantitative estimate of drug-likeness (QED) is 0.828. The lowest BCUT2D eigenvalue weighted by Gasteiger charge is -2.04. The number of hydrogen-bond acceptors (Lipinski definition) is 3. The summed E-state index contributed by atoms with van der Waals surface area (Å²) in [6.07, 6.45) is 5.85. The number of hydrogen-bond donors (Lipinski definition) is 0. The lowest BCUT2D eigenvalue weighted by Crippen LogP contribution is -2.12. The molecule has 0 N–H and O–H groups in total. The Morgan fingerprint density at radius 2 is 2.11 bits per heavy atom. The van der Waals surface area contributed by atoms with E-state index in [-0.39, 0.29) is 5.91 Å². The Labute approximate surface area is 105 Å². The number of para-hydroxylation sites is 1. The van der Waals surface area contributed by atoms with E-state index in [1.807, 2.05) is 42.5 Å². The SMILES string of the molecule is O=C1CC=Cc2nc(COc3ccccc3)cn21. The highest BCUT2D eigenvalue weighted by Gasteiger charge is 2.14. The second-order valence-corrected chi connectivity index (χ2v) is 4.06. The van der Waals surface area contributed by atoms with Gasteiger partial charge in [-0.3, -0.25) is 9.36 Å². The first kappa shape index (κ1) is 10.8. The molecule has 0 bridgehead atoms. The van der Waals surface area contributed by atoms with Crippen molar-refractivity contribution in [3.63, 3.8) is 0 Å². The van der Waals surface area contributed by atoms with Gasteiger partial charge in [0.2, 0.25) is 5.91 Å². The van der Waals surface area contributed by atoms with E-state index in [0.717, 1.165) is 11.4 Å². The van der Waals surface area contributed by atoms with Crippen molar-refractivity contribution in [3.05, 3.63) is 54.1 Å². The van der Waals surface area contributed by atoms with Crippen molar-refractivity contribution >= 4 is 12.0 Å². The van der Waals surface area contributed by atoms with E-state index in [9.17, 15) is 4.79 Å². The highest BCUT2D eigenvalue weighted by Crippen LogP contribution is 2.15. The fraction of sp³-hybridized carbons (Fsp3) is 0.143. The molecule has 0 atom stereocenters. The Morgan fingerprint density at radius 1 is 1.28 bits per heavy atom. The number of nitrogens with zero attached hydrogens (tertiary/aromatic N) is 2. The third-order valence-electron chi connectivity index (χ3n) is 2.74. The summed E-state index contributed by atoms with van der Waals surface area (Å²) in [5.74, 6) is 1.52. The lowest BCUT2D eigenvalue weighted by atomic mass is 10.3. The largest absolute Gasteiger partial charge is 0.487 e. The Bertz CT molecular complexity index is 600. The normalized spacial score (nSPS) is 13.4. The molecule has 18 heavy (non-hydrogen) atoms. The molecule has 4 nitrogen and oxygen atoms in total. The maximum absolute atomic E-state index is 11.6. The van der Waals surface area contributed by atoms with Crippen LogP contribution in [0.15, 0.2) is 42.6 Å². The maximum atomic E-state index is 11.6. The fourth-order valence-electron chi connectivity index (χ4n) is 1.87. The lowest BCUT2D eigenvalue weighted by molar-refractivity contribution is 0.0914. The van der Waals surface area contributed by atoms with Crippen molar-refractivity contribution in [2.45, 2.75) is 13.0 Å². The third kappa shape index (κ3) is 2.05. The molecule has 0 unspecified atom stereocenters. The Hall–Kier alpha value is -2.36. The van der Waals surface area contributed by atoms with Gasteiger partial charge in [0.15, 0.2) is 0 Å². The summed E-state index contributed by atoms with van der Waals surface area (Å²) in [4.78, 5) is 16.0. The highest BCUT2D eigenvalue weighted by molar-refractivity contribution is 5.85. The van der Waals surface area contributed by atoms with E-state index in [2.05, 4.69) is 4.98 Å². The number of carbonyl (C=O) groups is 1. The minimum atomic E-state index is 0.0472. The average molecular weight is 240 g/mol. The van der Waals surface area contributed by atoms with Gasteiger partial charge in [-0.1, -0.05) is 24.3 Å². The zero-order chi connectivity index (χ0) is 12.4. The molecule has 0 saturated heterocycles. The van der Waals surface area contributed by atoms with Gasteiger partial charge in [0.25, 0.3) is 0 Å². The van der Waals surface area contributed by atoms with Crippen LogP contribution in [0.3, 0.4) is 0 Å². The molecule has 2 aromatic rings. The number of benzene rings is 1. The van der Waals surface area contributed by atoms with Gasteiger partial charge in [0.1, 0.15) is 18.2 Å². The average Bonchev–Trinajstić information content (AvgIpc) is 2.82. The van der Waals surface area contributed by atoms with E-state index in [4.69, 9.17) is 4.74 Å². The minimum absolute atomic E-state index is 0.0472. The molecule has 0 fully saturated rings. The summed E-state index contributed by atoms with van der Waals surface area (Å²) >= 11 is 0. The molecule has 90 valence electrons. The minimum Gasteiger partial charge on any atom is -0.487 e. The molecular formula is C14H12N2O2. The Kier molecular flexibility index (Phi) is 2.68. The van der Waals surface area contributed by atoms with Gasteiger partial charge in [-0.05, 0) is 18.2 Å². The monoisotopic (exact) mass is 240 g/mol. The van der Waals surface area contributed by atoms with Crippen molar-refractivity contribution in [2.75, 3.05) is 0 Å². The molecule has 2 heterocycles. The fourth-order valence-corrected chi connectivity index (χ4v) is 1.87. The molecule has 1 aromatic heterocycles. The molecular weight excluding hydrogens is 228 g/mol. The summed E-state index contributed by atoms with van der Waals surface area (Å²) in [5.41, 5.74) is 0.758. The Balaban J connectivity index is 1.75. The first-order chi connectivity index (χ1) is 8.83. The molecule has 0 spiro atoms. The predicted molar refractivity (Wildman–Crippen MR) is 67.3 cm³/mol. The summed E-state index contributed by atoms with van der Waals surface area (Å²) in [6.45, 7) is 0.366. The summed E-state index contributed by atoms with van der Waals surface area (Å²) in [7, 11) is 0. The summed E-state index contributed by atoms with van der Waals surface area (Å²) in [5, 5.41) is 0. The second-order valence-electron chi connectivity index (χ2n) is 4.06. The van der Waals surface area contributed by atoms with Gasteiger partial charge in [0.05, 0.1) is 5.69 Å². The van der Waals surface area contributed by atoms with E-state index < -0.39 is 0 Å². The number of carbonyl (C=O) groups excluding carboxylic acids is 1. The van der Waals surface area contributed by atoms with Crippen LogP contribution in [-0.4, -0.2) is 15.5 Å². The van der Waals surface area contributed by atoms with Crippen LogP contribution in [-0.2, 0) is 6.61 Å². The molecule has 3 rings (SSSR count).